The molecule has 1 aromatic heterocycles. The van der Waals surface area contributed by atoms with Crippen LogP contribution in [0.1, 0.15) is 11.3 Å². The quantitative estimate of drug-likeness (QED) is 0.875. The lowest BCUT2D eigenvalue weighted by Gasteiger charge is -2.01. The van der Waals surface area contributed by atoms with Gasteiger partial charge in [-0.25, -0.2) is 0 Å². The van der Waals surface area contributed by atoms with Crippen LogP contribution in [0.3, 0.4) is 0 Å². The first-order valence-corrected chi connectivity index (χ1v) is 6.71. The van der Waals surface area contributed by atoms with E-state index < -0.39 is 0 Å². The second-order valence-electron chi connectivity index (χ2n) is 4.05. The minimum absolute atomic E-state index is 0.193. The van der Waals surface area contributed by atoms with E-state index >= 15 is 0 Å². The van der Waals surface area contributed by atoms with Crippen LogP contribution in [0.15, 0.2) is 48.7 Å². The van der Waals surface area contributed by atoms with Gasteiger partial charge in [0, 0.05) is 12.3 Å². The summed E-state index contributed by atoms with van der Waals surface area (Å²) < 4.78 is 0. The molecular formula is C15H12Cl2N2O. The first-order chi connectivity index (χ1) is 9.65. The zero-order chi connectivity index (χ0) is 14.4. The van der Waals surface area contributed by atoms with Gasteiger partial charge in [-0.15, -0.1) is 0 Å². The standard InChI is InChI=1S/C15H12Cl2N2O/c16-13-6-4-11(9-14(13)17)5-7-15(20)19-10-12-3-1-2-8-18-12/h1-9H,10H2,(H,19,20)/b7-5+. The summed E-state index contributed by atoms with van der Waals surface area (Å²) in [7, 11) is 0. The number of carbonyl (C=O) groups is 1. The molecule has 0 atom stereocenters. The highest BCUT2D eigenvalue weighted by Crippen LogP contribution is 2.22. The number of amides is 1. The van der Waals surface area contributed by atoms with Crippen molar-refractivity contribution in [2.24, 2.45) is 0 Å². The average molecular weight is 307 g/mol. The Bertz CT molecular complexity index is 627. The molecule has 1 N–H and O–H groups in total. The van der Waals surface area contributed by atoms with Gasteiger partial charge in [0.15, 0.2) is 0 Å². The Morgan fingerprint density at radius 2 is 2.05 bits per heavy atom. The summed E-state index contributed by atoms with van der Waals surface area (Å²) in [5.74, 6) is -0.193. The summed E-state index contributed by atoms with van der Waals surface area (Å²) in [6, 6.07) is 10.7. The smallest absolute Gasteiger partial charge is 0.244 e. The number of nitrogens with one attached hydrogen (secondary N) is 1. The van der Waals surface area contributed by atoms with E-state index in [0.717, 1.165) is 11.3 Å². The van der Waals surface area contributed by atoms with Crippen LogP contribution in [-0.2, 0) is 11.3 Å². The molecule has 1 amide bonds. The van der Waals surface area contributed by atoms with Crippen molar-refractivity contribution in [2.75, 3.05) is 0 Å². The molecule has 5 heteroatoms. The molecule has 3 nitrogen and oxygen atoms in total. The molecule has 1 heterocycles. The van der Waals surface area contributed by atoms with Crippen molar-refractivity contribution < 1.29 is 4.79 Å². The highest BCUT2D eigenvalue weighted by molar-refractivity contribution is 6.42. The van der Waals surface area contributed by atoms with Gasteiger partial charge < -0.3 is 5.32 Å². The Hall–Kier alpha value is -1.84. The maximum absolute atomic E-state index is 11.7. The number of carbonyl (C=O) groups excluding carboxylic acids is 1. The van der Waals surface area contributed by atoms with Crippen LogP contribution in [0.5, 0.6) is 0 Å². The van der Waals surface area contributed by atoms with Gasteiger partial charge >= 0.3 is 0 Å². The molecule has 0 fully saturated rings. The fourth-order valence-electron chi connectivity index (χ4n) is 1.53. The third kappa shape index (κ3) is 4.37. The van der Waals surface area contributed by atoms with E-state index in [2.05, 4.69) is 10.3 Å². The minimum Gasteiger partial charge on any atom is -0.347 e. The number of hydrogen-bond donors (Lipinski definition) is 1. The Morgan fingerprint density at radius 1 is 1.20 bits per heavy atom. The lowest BCUT2D eigenvalue weighted by Crippen LogP contribution is -2.20. The maximum Gasteiger partial charge on any atom is 0.244 e. The molecule has 0 aliphatic heterocycles. The van der Waals surface area contributed by atoms with E-state index in [-0.39, 0.29) is 5.91 Å². The second-order valence-corrected chi connectivity index (χ2v) is 4.86. The monoisotopic (exact) mass is 306 g/mol. The van der Waals surface area contributed by atoms with Gasteiger partial charge in [-0.05, 0) is 35.9 Å². The molecule has 20 heavy (non-hydrogen) atoms. The Labute approximate surface area is 127 Å². The van der Waals surface area contributed by atoms with Crippen molar-refractivity contribution >= 4 is 35.2 Å². The highest BCUT2D eigenvalue weighted by Gasteiger charge is 1.99. The summed E-state index contributed by atoms with van der Waals surface area (Å²) >= 11 is 11.7. The van der Waals surface area contributed by atoms with Gasteiger partial charge in [-0.3, -0.25) is 9.78 Å². The molecule has 2 aromatic rings. The maximum atomic E-state index is 11.7. The number of aromatic nitrogens is 1. The molecule has 0 saturated heterocycles. The zero-order valence-electron chi connectivity index (χ0n) is 10.5. The van der Waals surface area contributed by atoms with E-state index in [4.69, 9.17) is 23.2 Å². The number of nitrogens with zero attached hydrogens (tertiary/aromatic N) is 1. The lowest BCUT2D eigenvalue weighted by molar-refractivity contribution is -0.116. The average Bonchev–Trinajstić information content (AvgIpc) is 2.47. The summed E-state index contributed by atoms with van der Waals surface area (Å²) in [4.78, 5) is 15.8. The topological polar surface area (TPSA) is 42.0 Å². The van der Waals surface area contributed by atoms with Crippen molar-refractivity contribution in [2.45, 2.75) is 6.54 Å². The molecule has 102 valence electrons. The Kier molecular flexibility index (Phi) is 5.16. The van der Waals surface area contributed by atoms with Crippen molar-refractivity contribution in [3.63, 3.8) is 0 Å². The van der Waals surface area contributed by atoms with Crippen molar-refractivity contribution in [3.05, 3.63) is 70.0 Å². The fourth-order valence-corrected chi connectivity index (χ4v) is 1.83. The first kappa shape index (κ1) is 14.6. The zero-order valence-corrected chi connectivity index (χ0v) is 12.0. The predicted molar refractivity (Wildman–Crippen MR) is 81.6 cm³/mol. The lowest BCUT2D eigenvalue weighted by atomic mass is 10.2. The van der Waals surface area contributed by atoms with Gasteiger partial charge in [0.05, 0.1) is 22.3 Å². The van der Waals surface area contributed by atoms with E-state index in [1.807, 2.05) is 18.2 Å². The van der Waals surface area contributed by atoms with Crippen LogP contribution in [0.2, 0.25) is 10.0 Å². The van der Waals surface area contributed by atoms with Crippen molar-refractivity contribution in [3.8, 4) is 0 Å². The highest BCUT2D eigenvalue weighted by atomic mass is 35.5. The van der Waals surface area contributed by atoms with Crippen LogP contribution in [0.25, 0.3) is 6.08 Å². The summed E-state index contributed by atoms with van der Waals surface area (Å²) in [5.41, 5.74) is 1.62. The first-order valence-electron chi connectivity index (χ1n) is 5.96. The second kappa shape index (κ2) is 7.08. The molecule has 1 aromatic carbocycles. The van der Waals surface area contributed by atoms with E-state index in [9.17, 15) is 4.79 Å². The van der Waals surface area contributed by atoms with Crippen LogP contribution < -0.4 is 5.32 Å². The SMILES string of the molecule is O=C(/C=C/c1ccc(Cl)c(Cl)c1)NCc1ccccn1. The summed E-state index contributed by atoms with van der Waals surface area (Å²) in [6.45, 7) is 0.394. The number of pyridine rings is 1. The molecule has 0 saturated carbocycles. The third-order valence-electron chi connectivity index (χ3n) is 2.54. The minimum atomic E-state index is -0.193. The number of halogens is 2. The molecule has 0 aliphatic rings. The van der Waals surface area contributed by atoms with Crippen LogP contribution >= 0.6 is 23.2 Å². The van der Waals surface area contributed by atoms with Gasteiger partial charge in [-0.2, -0.15) is 0 Å². The predicted octanol–water partition coefficient (Wildman–Crippen LogP) is 3.72. The Morgan fingerprint density at radius 3 is 2.75 bits per heavy atom. The fraction of sp³-hybridized carbons (Fsp3) is 0.0667. The van der Waals surface area contributed by atoms with E-state index in [1.54, 1.807) is 30.5 Å². The molecular weight excluding hydrogens is 295 g/mol. The number of benzene rings is 1. The molecule has 0 spiro atoms. The van der Waals surface area contributed by atoms with Gasteiger partial charge in [0.25, 0.3) is 0 Å². The van der Waals surface area contributed by atoms with Crippen LogP contribution in [0.4, 0.5) is 0 Å². The van der Waals surface area contributed by atoms with Gasteiger partial charge in [0.1, 0.15) is 0 Å². The Balaban J connectivity index is 1.90. The van der Waals surface area contributed by atoms with E-state index in [1.165, 1.54) is 6.08 Å². The van der Waals surface area contributed by atoms with Crippen LogP contribution in [-0.4, -0.2) is 10.9 Å². The van der Waals surface area contributed by atoms with Crippen molar-refractivity contribution in [1.29, 1.82) is 0 Å². The normalized spacial score (nSPS) is 10.7. The van der Waals surface area contributed by atoms with Gasteiger partial charge in [-0.1, -0.05) is 35.3 Å². The van der Waals surface area contributed by atoms with Gasteiger partial charge in [0.2, 0.25) is 5.91 Å². The summed E-state index contributed by atoms with van der Waals surface area (Å²) in [6.07, 6.45) is 4.81. The molecule has 0 unspecified atom stereocenters. The molecule has 0 radical (unpaired) electrons. The van der Waals surface area contributed by atoms with Crippen LogP contribution in [0, 0.1) is 0 Å². The number of hydrogen-bond acceptors (Lipinski definition) is 2. The molecule has 2 rings (SSSR count). The largest absolute Gasteiger partial charge is 0.347 e. The number of rotatable bonds is 4. The summed E-state index contributed by atoms with van der Waals surface area (Å²) in [5, 5.41) is 3.70. The third-order valence-corrected chi connectivity index (χ3v) is 3.28. The van der Waals surface area contributed by atoms with Crippen molar-refractivity contribution in [1.82, 2.24) is 10.3 Å². The molecule has 0 aliphatic carbocycles. The van der Waals surface area contributed by atoms with E-state index in [0.29, 0.717) is 16.6 Å². The molecule has 0 bridgehead atoms.